The van der Waals surface area contributed by atoms with Crippen LogP contribution in [0.25, 0.3) is 0 Å². The van der Waals surface area contributed by atoms with Crippen LogP contribution < -0.4 is 16.4 Å². The molecule has 168 valence electrons. The van der Waals surface area contributed by atoms with E-state index in [1.807, 2.05) is 27.7 Å². The first-order chi connectivity index (χ1) is 14.1. The summed E-state index contributed by atoms with van der Waals surface area (Å²) in [5.41, 5.74) is 6.40. The van der Waals surface area contributed by atoms with Gasteiger partial charge in [-0.15, -0.1) is 0 Å². The van der Waals surface area contributed by atoms with Crippen LogP contribution >= 0.6 is 0 Å². The average molecular weight is 422 g/mol. The van der Waals surface area contributed by atoms with Gasteiger partial charge in [0.05, 0.1) is 13.2 Å². The zero-order valence-corrected chi connectivity index (χ0v) is 18.4. The summed E-state index contributed by atoms with van der Waals surface area (Å²) in [4.78, 5) is 37.7. The third-order valence-corrected chi connectivity index (χ3v) is 4.61. The molecule has 0 spiro atoms. The van der Waals surface area contributed by atoms with Crippen molar-refractivity contribution in [3.8, 4) is 0 Å². The molecule has 30 heavy (non-hydrogen) atoms. The highest BCUT2D eigenvalue weighted by atomic mass is 16.5. The number of aliphatic hydroxyl groups excluding tert-OH is 1. The van der Waals surface area contributed by atoms with E-state index in [2.05, 4.69) is 10.6 Å². The first kappa shape index (κ1) is 25.6. The minimum absolute atomic E-state index is 0.112. The van der Waals surface area contributed by atoms with Crippen LogP contribution in [0, 0.1) is 11.8 Å². The number of hydrogen-bond acceptors (Lipinski definition) is 6. The number of nitrogens with two attached hydrogens (primary N) is 1. The molecule has 5 N–H and O–H groups in total. The second-order valence-electron chi connectivity index (χ2n) is 8.29. The average Bonchev–Trinajstić information content (AvgIpc) is 2.69. The van der Waals surface area contributed by atoms with E-state index in [0.29, 0.717) is 18.4 Å². The summed E-state index contributed by atoms with van der Waals surface area (Å²) in [5.74, 6) is -1.52. The van der Waals surface area contributed by atoms with Crippen molar-refractivity contribution in [2.75, 3.05) is 7.11 Å². The van der Waals surface area contributed by atoms with Crippen LogP contribution in [0.1, 0.15) is 52.2 Å². The zero-order chi connectivity index (χ0) is 22.8. The van der Waals surface area contributed by atoms with Crippen molar-refractivity contribution >= 4 is 17.8 Å². The van der Waals surface area contributed by atoms with E-state index in [4.69, 9.17) is 10.5 Å². The quantitative estimate of drug-likeness (QED) is 0.398. The molecular weight excluding hydrogens is 386 g/mol. The molecule has 0 unspecified atom stereocenters. The number of nitrogens with one attached hydrogen (secondary N) is 2. The minimum atomic E-state index is -1.32. The molecule has 0 fully saturated rings. The van der Waals surface area contributed by atoms with Gasteiger partial charge in [0.15, 0.2) is 0 Å². The van der Waals surface area contributed by atoms with Gasteiger partial charge in [-0.25, -0.2) is 4.79 Å². The van der Waals surface area contributed by atoms with Gasteiger partial charge < -0.3 is 26.2 Å². The summed E-state index contributed by atoms with van der Waals surface area (Å²) in [7, 11) is 1.24. The molecule has 2 amide bonds. The fraction of sp³-hybridized carbons (Fsp3) is 0.591. The molecule has 0 bridgehead atoms. The second-order valence-corrected chi connectivity index (χ2v) is 8.29. The molecular formula is C22H35N3O5. The van der Waals surface area contributed by atoms with Gasteiger partial charge in [0.1, 0.15) is 18.2 Å². The van der Waals surface area contributed by atoms with E-state index in [0.717, 1.165) is 0 Å². The van der Waals surface area contributed by atoms with Crippen molar-refractivity contribution in [3.05, 3.63) is 35.9 Å². The second kappa shape index (κ2) is 12.3. The highest BCUT2D eigenvalue weighted by molar-refractivity contribution is 5.92. The topological polar surface area (TPSA) is 131 Å². The maximum Gasteiger partial charge on any atom is 0.328 e. The Morgan fingerprint density at radius 1 is 0.967 bits per heavy atom. The molecule has 4 atom stereocenters. The van der Waals surface area contributed by atoms with Crippen molar-refractivity contribution in [3.63, 3.8) is 0 Å². The van der Waals surface area contributed by atoms with E-state index in [9.17, 15) is 19.5 Å². The molecule has 8 heteroatoms. The van der Waals surface area contributed by atoms with Crippen molar-refractivity contribution in [2.45, 2.75) is 64.8 Å². The number of amides is 2. The standard InChI is InChI=1S/C22H35N3O5/c1-13(2)11-16(23)20(27)25-18(19(26)15-9-7-6-8-10-15)21(28)24-17(12-14(3)4)22(29)30-5/h6-10,13-14,16-19,26H,11-12,23H2,1-5H3,(H,24,28)(H,25,27)/t16-,17-,18+,19-/m0/s1. The van der Waals surface area contributed by atoms with Crippen LogP contribution in [0.5, 0.6) is 0 Å². The highest BCUT2D eigenvalue weighted by Crippen LogP contribution is 2.18. The smallest absolute Gasteiger partial charge is 0.328 e. The van der Waals surface area contributed by atoms with Crippen molar-refractivity contribution in [1.82, 2.24) is 10.6 Å². The maximum absolute atomic E-state index is 13.0. The Balaban J connectivity index is 3.10. The molecule has 0 aliphatic rings. The molecule has 0 saturated heterocycles. The van der Waals surface area contributed by atoms with Crippen molar-refractivity contribution in [2.24, 2.45) is 17.6 Å². The van der Waals surface area contributed by atoms with Crippen LogP contribution in [-0.4, -0.2) is 48.1 Å². The number of ether oxygens (including phenoxy) is 1. The number of rotatable bonds is 11. The van der Waals surface area contributed by atoms with Crippen LogP contribution in [0.3, 0.4) is 0 Å². The lowest BCUT2D eigenvalue weighted by Crippen LogP contribution is -2.56. The highest BCUT2D eigenvalue weighted by Gasteiger charge is 2.34. The Bertz CT molecular complexity index is 693. The molecule has 1 aromatic carbocycles. The molecule has 1 aromatic rings. The summed E-state index contributed by atoms with van der Waals surface area (Å²) in [5, 5.41) is 16.0. The van der Waals surface area contributed by atoms with Crippen LogP contribution in [0.4, 0.5) is 0 Å². The van der Waals surface area contributed by atoms with Gasteiger partial charge in [0, 0.05) is 0 Å². The minimum Gasteiger partial charge on any atom is -0.467 e. The van der Waals surface area contributed by atoms with E-state index >= 15 is 0 Å². The summed E-state index contributed by atoms with van der Waals surface area (Å²) < 4.78 is 4.78. The Morgan fingerprint density at radius 2 is 1.53 bits per heavy atom. The Labute approximate surface area is 178 Å². The molecule has 0 saturated carbocycles. The van der Waals surface area contributed by atoms with Crippen LogP contribution in [0.15, 0.2) is 30.3 Å². The summed E-state index contributed by atoms with van der Waals surface area (Å²) in [6.45, 7) is 7.68. The Morgan fingerprint density at radius 3 is 2.03 bits per heavy atom. The number of methoxy groups -OCH3 is 1. The van der Waals surface area contributed by atoms with E-state index in [1.54, 1.807) is 30.3 Å². The molecule has 8 nitrogen and oxygen atoms in total. The molecule has 0 radical (unpaired) electrons. The lowest BCUT2D eigenvalue weighted by atomic mass is 9.98. The normalized spacial score (nSPS) is 15.2. The van der Waals surface area contributed by atoms with Crippen LogP contribution in [0.2, 0.25) is 0 Å². The van der Waals surface area contributed by atoms with Gasteiger partial charge in [-0.3, -0.25) is 9.59 Å². The van der Waals surface area contributed by atoms with Gasteiger partial charge >= 0.3 is 5.97 Å². The third-order valence-electron chi connectivity index (χ3n) is 4.61. The fourth-order valence-corrected chi connectivity index (χ4v) is 3.09. The molecule has 0 heterocycles. The number of carbonyl (C=O) groups excluding carboxylic acids is 3. The predicted molar refractivity (Wildman–Crippen MR) is 114 cm³/mol. The van der Waals surface area contributed by atoms with Crippen molar-refractivity contribution in [1.29, 1.82) is 0 Å². The Hall–Kier alpha value is -2.45. The number of esters is 1. The third kappa shape index (κ3) is 8.12. The molecule has 1 rings (SSSR count). The number of aliphatic hydroxyl groups is 1. The SMILES string of the molecule is COC(=O)[C@H](CC(C)C)NC(=O)[C@H](NC(=O)[C@@H](N)CC(C)C)[C@@H](O)c1ccccc1. The van der Waals surface area contributed by atoms with Gasteiger partial charge in [0.25, 0.3) is 0 Å². The van der Waals surface area contributed by atoms with Gasteiger partial charge in [-0.2, -0.15) is 0 Å². The number of hydrogen-bond donors (Lipinski definition) is 4. The number of benzene rings is 1. The van der Waals surface area contributed by atoms with E-state index in [1.165, 1.54) is 7.11 Å². The lowest BCUT2D eigenvalue weighted by molar-refractivity contribution is -0.146. The summed E-state index contributed by atoms with van der Waals surface area (Å²) in [6.07, 6.45) is -0.536. The maximum atomic E-state index is 13.0. The van der Waals surface area contributed by atoms with Crippen LogP contribution in [-0.2, 0) is 19.1 Å². The monoisotopic (exact) mass is 421 g/mol. The largest absolute Gasteiger partial charge is 0.467 e. The predicted octanol–water partition coefficient (Wildman–Crippen LogP) is 1.28. The van der Waals surface area contributed by atoms with Crippen molar-refractivity contribution < 1.29 is 24.2 Å². The molecule has 0 aromatic heterocycles. The Kier molecular flexibility index (Phi) is 10.5. The number of carbonyl (C=O) groups is 3. The first-order valence-electron chi connectivity index (χ1n) is 10.2. The lowest BCUT2D eigenvalue weighted by Gasteiger charge is -2.27. The fourth-order valence-electron chi connectivity index (χ4n) is 3.09. The zero-order valence-electron chi connectivity index (χ0n) is 18.4. The van der Waals surface area contributed by atoms with Gasteiger partial charge in [-0.1, -0.05) is 58.0 Å². The van der Waals surface area contributed by atoms with E-state index in [-0.39, 0.29) is 11.8 Å². The summed E-state index contributed by atoms with van der Waals surface area (Å²) >= 11 is 0. The summed E-state index contributed by atoms with van der Waals surface area (Å²) in [6, 6.07) is 5.47. The van der Waals surface area contributed by atoms with Gasteiger partial charge in [-0.05, 0) is 30.2 Å². The first-order valence-corrected chi connectivity index (χ1v) is 10.2. The molecule has 0 aliphatic heterocycles. The van der Waals surface area contributed by atoms with E-state index < -0.39 is 42.0 Å². The molecule has 0 aliphatic carbocycles. The van der Waals surface area contributed by atoms with Gasteiger partial charge in [0.2, 0.25) is 11.8 Å².